The Balaban J connectivity index is 2.11. The van der Waals surface area contributed by atoms with Crippen LogP contribution in [0, 0.1) is 0 Å². The lowest BCUT2D eigenvalue weighted by molar-refractivity contribution is 0.0818. The van der Waals surface area contributed by atoms with Crippen LogP contribution in [0.3, 0.4) is 0 Å². The highest BCUT2D eigenvalue weighted by Gasteiger charge is 2.20. The maximum Gasteiger partial charge on any atom is 0.129 e. The van der Waals surface area contributed by atoms with Gasteiger partial charge in [0.15, 0.2) is 0 Å². The summed E-state index contributed by atoms with van der Waals surface area (Å²) in [5.41, 5.74) is 2.57. The van der Waals surface area contributed by atoms with E-state index in [0.717, 1.165) is 57.7 Å². The average Bonchev–Trinajstić information content (AvgIpc) is 2.53. The number of nitrogens with one attached hydrogen (secondary N) is 1. The van der Waals surface area contributed by atoms with Gasteiger partial charge in [-0.15, -0.1) is 0 Å². The van der Waals surface area contributed by atoms with Gasteiger partial charge in [-0.1, -0.05) is 20.3 Å². The summed E-state index contributed by atoms with van der Waals surface area (Å²) in [7, 11) is 1.81. The molecule has 4 heteroatoms. The molecule has 0 saturated carbocycles. The Labute approximate surface area is 128 Å². The topological polar surface area (TPSA) is 37.4 Å². The lowest BCUT2D eigenvalue weighted by Crippen LogP contribution is -2.37. The lowest BCUT2D eigenvalue weighted by atomic mass is 10.1. The summed E-state index contributed by atoms with van der Waals surface area (Å²) in [6, 6.07) is 4.49. The fraction of sp³-hybridized carbons (Fsp3) is 0.706. The Hall–Kier alpha value is -1.13. The molecule has 0 bridgehead atoms. The van der Waals surface area contributed by atoms with Crippen LogP contribution in [0.1, 0.15) is 44.4 Å². The Morgan fingerprint density at radius 1 is 1.29 bits per heavy atom. The minimum atomic E-state index is 0.418. The molecule has 1 aromatic heterocycles. The van der Waals surface area contributed by atoms with Crippen molar-refractivity contribution in [3.8, 4) is 0 Å². The van der Waals surface area contributed by atoms with Crippen LogP contribution in [0.4, 0.5) is 5.82 Å². The summed E-state index contributed by atoms with van der Waals surface area (Å²) < 4.78 is 5.46. The van der Waals surface area contributed by atoms with E-state index in [4.69, 9.17) is 9.72 Å². The maximum absolute atomic E-state index is 5.46. The molecule has 1 aliphatic heterocycles. The third kappa shape index (κ3) is 4.68. The fourth-order valence-corrected chi connectivity index (χ4v) is 2.87. The zero-order valence-corrected chi connectivity index (χ0v) is 13.7. The van der Waals surface area contributed by atoms with E-state index in [1.807, 2.05) is 7.11 Å². The van der Waals surface area contributed by atoms with Crippen LogP contribution in [0.5, 0.6) is 0 Å². The highest BCUT2D eigenvalue weighted by molar-refractivity contribution is 5.43. The van der Waals surface area contributed by atoms with E-state index in [2.05, 4.69) is 36.2 Å². The van der Waals surface area contributed by atoms with Crippen LogP contribution in [0.25, 0.3) is 0 Å². The maximum atomic E-state index is 5.46. The van der Waals surface area contributed by atoms with Crippen molar-refractivity contribution < 1.29 is 4.74 Å². The molecule has 21 heavy (non-hydrogen) atoms. The molecule has 0 atom stereocenters. The summed E-state index contributed by atoms with van der Waals surface area (Å²) in [6.45, 7) is 8.37. The number of pyridine rings is 1. The van der Waals surface area contributed by atoms with Crippen molar-refractivity contribution in [1.82, 2.24) is 10.3 Å². The van der Waals surface area contributed by atoms with Gasteiger partial charge in [0.1, 0.15) is 5.82 Å². The molecule has 2 rings (SSSR count). The number of piperidine rings is 1. The van der Waals surface area contributed by atoms with E-state index < -0.39 is 0 Å². The van der Waals surface area contributed by atoms with E-state index in [0.29, 0.717) is 6.10 Å². The third-order valence-corrected chi connectivity index (χ3v) is 4.11. The molecule has 0 unspecified atom stereocenters. The average molecular weight is 291 g/mol. The van der Waals surface area contributed by atoms with E-state index in [9.17, 15) is 0 Å². The number of aryl methyl sites for hydroxylation is 1. The van der Waals surface area contributed by atoms with Crippen molar-refractivity contribution in [2.45, 2.75) is 52.2 Å². The van der Waals surface area contributed by atoms with E-state index in [1.165, 1.54) is 11.3 Å². The molecule has 1 saturated heterocycles. The van der Waals surface area contributed by atoms with Gasteiger partial charge in [0.2, 0.25) is 0 Å². The van der Waals surface area contributed by atoms with Crippen LogP contribution in [0.15, 0.2) is 12.1 Å². The molecule has 0 amide bonds. The molecule has 1 aromatic rings. The zero-order valence-electron chi connectivity index (χ0n) is 13.7. The molecule has 1 N–H and O–H groups in total. The number of nitrogens with zero attached hydrogens (tertiary/aromatic N) is 2. The summed E-state index contributed by atoms with van der Waals surface area (Å²) in [5, 5.41) is 3.41. The predicted molar refractivity (Wildman–Crippen MR) is 87.9 cm³/mol. The largest absolute Gasteiger partial charge is 0.381 e. The molecule has 4 nitrogen and oxygen atoms in total. The molecule has 1 fully saturated rings. The van der Waals surface area contributed by atoms with Crippen LogP contribution < -0.4 is 10.2 Å². The Bertz CT molecular complexity index is 428. The number of ether oxygens (including phenoxy) is 1. The van der Waals surface area contributed by atoms with Gasteiger partial charge in [-0.2, -0.15) is 0 Å². The smallest absolute Gasteiger partial charge is 0.129 e. The van der Waals surface area contributed by atoms with Crippen molar-refractivity contribution in [3.05, 3.63) is 23.4 Å². The van der Waals surface area contributed by atoms with Gasteiger partial charge in [-0.05, 0) is 43.5 Å². The van der Waals surface area contributed by atoms with Crippen molar-refractivity contribution in [2.75, 3.05) is 31.6 Å². The molecule has 0 aromatic carbocycles. The molecule has 2 heterocycles. The minimum absolute atomic E-state index is 0.418. The summed E-state index contributed by atoms with van der Waals surface area (Å²) >= 11 is 0. The first kappa shape index (κ1) is 16.2. The number of hydrogen-bond donors (Lipinski definition) is 1. The first-order valence-electron chi connectivity index (χ1n) is 8.25. The predicted octanol–water partition coefficient (Wildman–Crippen LogP) is 2.76. The van der Waals surface area contributed by atoms with Gasteiger partial charge in [0.25, 0.3) is 0 Å². The normalized spacial score (nSPS) is 16.4. The van der Waals surface area contributed by atoms with Gasteiger partial charge >= 0.3 is 0 Å². The van der Waals surface area contributed by atoms with Gasteiger partial charge in [0, 0.05) is 32.4 Å². The highest BCUT2D eigenvalue weighted by atomic mass is 16.5. The van der Waals surface area contributed by atoms with Crippen molar-refractivity contribution in [2.24, 2.45) is 0 Å². The summed E-state index contributed by atoms with van der Waals surface area (Å²) in [6.07, 6.45) is 4.81. The SMILES string of the molecule is CCCc1cc(CNCC)cc(N2CCC(OC)CC2)n1. The molecule has 0 radical (unpaired) electrons. The number of methoxy groups -OCH3 is 1. The minimum Gasteiger partial charge on any atom is -0.381 e. The first-order chi connectivity index (χ1) is 10.3. The van der Waals surface area contributed by atoms with Crippen LogP contribution in [0.2, 0.25) is 0 Å². The number of anilines is 1. The Kier molecular flexibility index (Phi) is 6.46. The Morgan fingerprint density at radius 2 is 2.05 bits per heavy atom. The molecule has 1 aliphatic rings. The van der Waals surface area contributed by atoms with Gasteiger partial charge in [0.05, 0.1) is 6.10 Å². The molecule has 0 aliphatic carbocycles. The number of hydrogen-bond acceptors (Lipinski definition) is 4. The van der Waals surface area contributed by atoms with Crippen molar-refractivity contribution in [3.63, 3.8) is 0 Å². The van der Waals surface area contributed by atoms with E-state index in [1.54, 1.807) is 0 Å². The molecule has 118 valence electrons. The summed E-state index contributed by atoms with van der Waals surface area (Å²) in [5.74, 6) is 1.14. The highest BCUT2D eigenvalue weighted by Crippen LogP contribution is 2.21. The second-order valence-corrected chi connectivity index (χ2v) is 5.78. The van der Waals surface area contributed by atoms with Crippen LogP contribution in [-0.4, -0.2) is 37.8 Å². The second-order valence-electron chi connectivity index (χ2n) is 5.78. The van der Waals surface area contributed by atoms with Crippen molar-refractivity contribution >= 4 is 5.82 Å². The lowest BCUT2D eigenvalue weighted by Gasteiger charge is -2.32. The van der Waals surface area contributed by atoms with Gasteiger partial charge in [-0.25, -0.2) is 4.98 Å². The molecule has 0 spiro atoms. The second kappa shape index (κ2) is 8.35. The monoisotopic (exact) mass is 291 g/mol. The molecular weight excluding hydrogens is 262 g/mol. The van der Waals surface area contributed by atoms with Crippen LogP contribution >= 0.6 is 0 Å². The molecular formula is C17H29N3O. The Morgan fingerprint density at radius 3 is 2.67 bits per heavy atom. The number of aromatic nitrogens is 1. The third-order valence-electron chi connectivity index (χ3n) is 4.11. The number of rotatable bonds is 7. The zero-order chi connectivity index (χ0) is 15.1. The van der Waals surface area contributed by atoms with Gasteiger partial charge < -0.3 is 15.0 Å². The quantitative estimate of drug-likeness (QED) is 0.838. The first-order valence-corrected chi connectivity index (χ1v) is 8.25. The van der Waals surface area contributed by atoms with Crippen LogP contribution in [-0.2, 0) is 17.7 Å². The van der Waals surface area contributed by atoms with Crippen molar-refractivity contribution in [1.29, 1.82) is 0 Å². The van der Waals surface area contributed by atoms with E-state index in [-0.39, 0.29) is 0 Å². The fourth-order valence-electron chi connectivity index (χ4n) is 2.87. The van der Waals surface area contributed by atoms with E-state index >= 15 is 0 Å². The summed E-state index contributed by atoms with van der Waals surface area (Å²) in [4.78, 5) is 7.27. The van der Waals surface area contributed by atoms with Gasteiger partial charge in [-0.3, -0.25) is 0 Å². The standard InChI is InChI=1S/C17H29N3O/c1-4-6-15-11-14(13-18-5-2)12-17(19-15)20-9-7-16(21-3)8-10-20/h11-12,16,18H,4-10,13H2,1-3H3.